The lowest BCUT2D eigenvalue weighted by atomic mass is 9.85. The molecule has 2 heterocycles. The van der Waals surface area contributed by atoms with Crippen LogP contribution in [0.3, 0.4) is 0 Å². The van der Waals surface area contributed by atoms with Gasteiger partial charge in [0, 0.05) is 23.6 Å². The molecule has 2 fully saturated rings. The maximum atomic E-state index is 13.0. The van der Waals surface area contributed by atoms with Crippen molar-refractivity contribution >= 4 is 28.8 Å². The van der Waals surface area contributed by atoms with Gasteiger partial charge < -0.3 is 9.15 Å². The van der Waals surface area contributed by atoms with Gasteiger partial charge in [-0.25, -0.2) is 9.59 Å². The van der Waals surface area contributed by atoms with E-state index in [9.17, 15) is 19.2 Å². The van der Waals surface area contributed by atoms with E-state index in [1.54, 1.807) is 18.2 Å². The number of urea groups is 1. The van der Waals surface area contributed by atoms with E-state index in [0.717, 1.165) is 29.1 Å². The van der Waals surface area contributed by atoms with Crippen LogP contribution in [0.1, 0.15) is 38.2 Å². The summed E-state index contributed by atoms with van der Waals surface area (Å²) in [5, 5.41) is 0.572. The second-order valence-electron chi connectivity index (χ2n) is 7.63. The Morgan fingerprint density at radius 1 is 1.07 bits per heavy atom. The molecule has 1 aromatic heterocycles. The highest BCUT2D eigenvalue weighted by Crippen LogP contribution is 2.32. The van der Waals surface area contributed by atoms with E-state index in [2.05, 4.69) is 0 Å². The standard InChI is InChI=1S/C21H22N2O6/c1-12-5-3-4-6-16(12)23-20(26)19(25)22(21(23)27)11-13-9-18(24)29-17-10-14(28-2)7-8-15(13)17/h7-10,12,16H,3-6,11H2,1-2H3/t12-,16+/m1/s1. The first-order valence-electron chi connectivity index (χ1n) is 9.70. The number of hydrogen-bond acceptors (Lipinski definition) is 6. The van der Waals surface area contributed by atoms with E-state index in [0.29, 0.717) is 23.1 Å². The van der Waals surface area contributed by atoms with Crippen molar-refractivity contribution in [2.24, 2.45) is 5.92 Å². The van der Waals surface area contributed by atoms with Crippen LogP contribution in [-0.4, -0.2) is 40.8 Å². The van der Waals surface area contributed by atoms with Gasteiger partial charge in [0.05, 0.1) is 13.7 Å². The molecule has 0 N–H and O–H groups in total. The Balaban J connectivity index is 1.67. The highest BCUT2D eigenvalue weighted by Gasteiger charge is 2.49. The lowest BCUT2D eigenvalue weighted by Crippen LogP contribution is -2.46. The summed E-state index contributed by atoms with van der Waals surface area (Å²) in [6.07, 6.45) is 3.60. The van der Waals surface area contributed by atoms with Crippen LogP contribution in [-0.2, 0) is 16.1 Å². The first-order chi connectivity index (χ1) is 13.9. The molecule has 1 saturated carbocycles. The van der Waals surface area contributed by atoms with E-state index in [-0.39, 0.29) is 24.1 Å². The highest BCUT2D eigenvalue weighted by atomic mass is 16.5. The average molecular weight is 398 g/mol. The fraction of sp³-hybridized carbons (Fsp3) is 0.429. The van der Waals surface area contributed by atoms with Crippen molar-refractivity contribution in [3.05, 3.63) is 40.2 Å². The molecule has 0 bridgehead atoms. The van der Waals surface area contributed by atoms with Crippen molar-refractivity contribution in [2.45, 2.75) is 45.2 Å². The van der Waals surface area contributed by atoms with Crippen molar-refractivity contribution < 1.29 is 23.5 Å². The van der Waals surface area contributed by atoms with Gasteiger partial charge in [0.15, 0.2) is 0 Å². The quantitative estimate of drug-likeness (QED) is 0.446. The van der Waals surface area contributed by atoms with Crippen LogP contribution >= 0.6 is 0 Å². The van der Waals surface area contributed by atoms with Gasteiger partial charge in [-0.05, 0) is 36.5 Å². The van der Waals surface area contributed by atoms with Gasteiger partial charge in [0.25, 0.3) is 0 Å². The maximum Gasteiger partial charge on any atom is 0.336 e. The van der Waals surface area contributed by atoms with Gasteiger partial charge >= 0.3 is 23.5 Å². The number of imide groups is 2. The normalized spacial score (nSPS) is 22.6. The first kappa shape index (κ1) is 19.2. The summed E-state index contributed by atoms with van der Waals surface area (Å²) in [6.45, 7) is 1.83. The molecule has 4 amide bonds. The Morgan fingerprint density at radius 3 is 2.55 bits per heavy atom. The fourth-order valence-electron chi connectivity index (χ4n) is 4.27. The van der Waals surface area contributed by atoms with E-state index in [4.69, 9.17) is 9.15 Å². The molecule has 0 radical (unpaired) electrons. The summed E-state index contributed by atoms with van der Waals surface area (Å²) >= 11 is 0. The van der Waals surface area contributed by atoms with E-state index in [1.165, 1.54) is 13.2 Å². The molecule has 1 aliphatic carbocycles. The number of amides is 4. The third kappa shape index (κ3) is 3.28. The predicted octanol–water partition coefficient (Wildman–Crippen LogP) is 2.67. The van der Waals surface area contributed by atoms with Crippen LogP contribution in [0.15, 0.2) is 33.5 Å². The van der Waals surface area contributed by atoms with E-state index < -0.39 is 23.5 Å². The summed E-state index contributed by atoms with van der Waals surface area (Å²) in [6, 6.07) is 5.31. The average Bonchev–Trinajstić information content (AvgIpc) is 2.91. The summed E-state index contributed by atoms with van der Waals surface area (Å²) in [4.78, 5) is 52.2. The number of methoxy groups -OCH3 is 1. The van der Waals surface area contributed by atoms with Crippen molar-refractivity contribution in [3.8, 4) is 5.75 Å². The Kier molecular flexibility index (Phi) is 4.86. The van der Waals surface area contributed by atoms with Crippen LogP contribution in [0.5, 0.6) is 5.75 Å². The smallest absolute Gasteiger partial charge is 0.336 e. The van der Waals surface area contributed by atoms with Gasteiger partial charge in [0.1, 0.15) is 11.3 Å². The molecule has 152 valence electrons. The van der Waals surface area contributed by atoms with Crippen LogP contribution in [0.2, 0.25) is 0 Å². The molecule has 0 spiro atoms. The van der Waals surface area contributed by atoms with Crippen molar-refractivity contribution in [2.75, 3.05) is 7.11 Å². The van der Waals surface area contributed by atoms with Gasteiger partial charge in [-0.2, -0.15) is 0 Å². The zero-order valence-electron chi connectivity index (χ0n) is 16.3. The third-order valence-electron chi connectivity index (χ3n) is 5.85. The van der Waals surface area contributed by atoms with Crippen molar-refractivity contribution in [3.63, 3.8) is 0 Å². The van der Waals surface area contributed by atoms with Gasteiger partial charge in [-0.1, -0.05) is 19.8 Å². The van der Waals surface area contributed by atoms with Crippen molar-refractivity contribution in [1.29, 1.82) is 0 Å². The number of fused-ring (bicyclic) bond motifs is 1. The molecular weight excluding hydrogens is 376 g/mol. The summed E-state index contributed by atoms with van der Waals surface area (Å²) in [5.74, 6) is -0.981. The van der Waals surface area contributed by atoms with E-state index in [1.807, 2.05) is 6.92 Å². The first-order valence-corrected chi connectivity index (χ1v) is 9.70. The molecule has 1 aliphatic heterocycles. The Hall–Kier alpha value is -3.16. The fourth-order valence-corrected chi connectivity index (χ4v) is 4.27. The number of nitrogens with zero attached hydrogens (tertiary/aromatic N) is 2. The highest BCUT2D eigenvalue weighted by molar-refractivity contribution is 6.44. The Labute approximate surface area is 167 Å². The Morgan fingerprint density at radius 2 is 1.83 bits per heavy atom. The van der Waals surface area contributed by atoms with Crippen LogP contribution in [0.4, 0.5) is 4.79 Å². The summed E-state index contributed by atoms with van der Waals surface area (Å²) in [7, 11) is 1.50. The molecule has 1 saturated heterocycles. The zero-order chi connectivity index (χ0) is 20.7. The SMILES string of the molecule is COc1ccc2c(CN3C(=O)C(=O)N([C@H]4CCCC[C@H]4C)C3=O)cc(=O)oc2c1. The number of rotatable bonds is 4. The summed E-state index contributed by atoms with van der Waals surface area (Å²) < 4.78 is 10.4. The predicted molar refractivity (Wildman–Crippen MR) is 103 cm³/mol. The molecule has 29 heavy (non-hydrogen) atoms. The zero-order valence-corrected chi connectivity index (χ0v) is 16.3. The van der Waals surface area contributed by atoms with Crippen LogP contribution in [0, 0.1) is 5.92 Å². The van der Waals surface area contributed by atoms with Crippen LogP contribution in [0.25, 0.3) is 11.0 Å². The minimum absolute atomic E-state index is 0.154. The number of carbonyl (C=O) groups is 3. The molecule has 4 rings (SSSR count). The third-order valence-corrected chi connectivity index (χ3v) is 5.85. The molecular formula is C21H22N2O6. The monoisotopic (exact) mass is 398 g/mol. The molecule has 0 unspecified atom stereocenters. The minimum atomic E-state index is -0.859. The number of benzene rings is 1. The lowest BCUT2D eigenvalue weighted by Gasteiger charge is -2.34. The number of carbonyl (C=O) groups excluding carboxylic acids is 3. The summed E-state index contributed by atoms with van der Waals surface area (Å²) in [5.41, 5.74) is 0.117. The van der Waals surface area contributed by atoms with Gasteiger partial charge in [0.2, 0.25) is 0 Å². The Bertz CT molecular complexity index is 1060. The topological polar surface area (TPSA) is 97.1 Å². The maximum absolute atomic E-state index is 13.0. The second-order valence-corrected chi connectivity index (χ2v) is 7.63. The second kappa shape index (κ2) is 7.35. The minimum Gasteiger partial charge on any atom is -0.497 e. The largest absolute Gasteiger partial charge is 0.497 e. The molecule has 8 nitrogen and oxygen atoms in total. The van der Waals surface area contributed by atoms with Crippen LogP contribution < -0.4 is 10.4 Å². The van der Waals surface area contributed by atoms with E-state index >= 15 is 0 Å². The van der Waals surface area contributed by atoms with Gasteiger partial charge in [-0.3, -0.25) is 19.4 Å². The molecule has 2 aliphatic rings. The molecule has 1 aromatic carbocycles. The number of hydrogen-bond donors (Lipinski definition) is 0. The molecule has 2 atom stereocenters. The molecule has 2 aromatic rings. The molecule has 8 heteroatoms. The number of ether oxygens (including phenoxy) is 1. The van der Waals surface area contributed by atoms with Crippen molar-refractivity contribution in [1.82, 2.24) is 9.80 Å². The lowest BCUT2D eigenvalue weighted by molar-refractivity contribution is -0.144. The van der Waals surface area contributed by atoms with Gasteiger partial charge in [-0.15, -0.1) is 0 Å².